The normalized spacial score (nSPS) is 28.3. The van der Waals surface area contributed by atoms with Gasteiger partial charge >= 0.3 is 0 Å². The van der Waals surface area contributed by atoms with Crippen LogP contribution in [0.2, 0.25) is 0 Å². The van der Waals surface area contributed by atoms with E-state index in [1.165, 1.54) is 25.7 Å². The number of likely N-dealkylation sites (N-methyl/N-ethyl adjacent to an activating group) is 1. The smallest absolute Gasteiger partial charge is 0.237 e. The predicted molar refractivity (Wildman–Crippen MR) is 154 cm³/mol. The zero-order valence-corrected chi connectivity index (χ0v) is 24.5. The van der Waals surface area contributed by atoms with Crippen LogP contribution in [0.25, 0.3) is 0 Å². The van der Waals surface area contributed by atoms with Crippen LogP contribution in [0.5, 0.6) is 0 Å². The molecular weight excluding hydrogens is 496 g/mol. The van der Waals surface area contributed by atoms with Gasteiger partial charge in [0.25, 0.3) is 0 Å². The molecule has 2 heterocycles. The van der Waals surface area contributed by atoms with E-state index in [2.05, 4.69) is 32.6 Å². The van der Waals surface area contributed by atoms with E-state index in [-0.39, 0.29) is 29.4 Å². The summed E-state index contributed by atoms with van der Waals surface area (Å²) in [7, 11) is 1.99. The predicted octanol–water partition coefficient (Wildman–Crippen LogP) is 3.51. The molecule has 0 bridgehead atoms. The molecule has 0 spiro atoms. The summed E-state index contributed by atoms with van der Waals surface area (Å²) in [6.45, 7) is 8.19. The Morgan fingerprint density at radius 1 is 1.03 bits per heavy atom. The van der Waals surface area contributed by atoms with E-state index in [4.69, 9.17) is 0 Å². The lowest BCUT2D eigenvalue weighted by atomic mass is 9.72. The van der Waals surface area contributed by atoms with Gasteiger partial charge in [-0.3, -0.25) is 19.4 Å². The number of hydrogen-bond donors (Lipinski definition) is 3. The highest BCUT2D eigenvalue weighted by Gasteiger charge is 2.42. The molecule has 0 aromatic heterocycles. The number of likely N-dealkylation sites (tertiary alicyclic amines) is 2. The van der Waals surface area contributed by atoms with Crippen LogP contribution in [0.4, 0.5) is 0 Å². The van der Waals surface area contributed by atoms with Gasteiger partial charge in [0.15, 0.2) is 0 Å². The van der Waals surface area contributed by atoms with Gasteiger partial charge in [0.05, 0.1) is 24.2 Å². The number of piperidine rings is 1. The Balaban J connectivity index is 1.48. The van der Waals surface area contributed by atoms with E-state index in [1.807, 2.05) is 46.0 Å². The van der Waals surface area contributed by atoms with Crippen LogP contribution in [0.1, 0.15) is 65.7 Å². The third-order valence-corrected chi connectivity index (χ3v) is 9.64. The Bertz CT molecular complexity index is 924. The van der Waals surface area contributed by atoms with Crippen molar-refractivity contribution in [3.05, 3.63) is 30.3 Å². The topological polar surface area (TPSA) is 84.9 Å². The van der Waals surface area contributed by atoms with Crippen molar-refractivity contribution >= 4 is 23.6 Å². The molecule has 1 aromatic carbocycles. The van der Waals surface area contributed by atoms with Gasteiger partial charge in [-0.25, -0.2) is 0 Å². The van der Waals surface area contributed by atoms with Crippen LogP contribution in [-0.2, 0) is 9.59 Å². The van der Waals surface area contributed by atoms with Crippen molar-refractivity contribution in [1.29, 1.82) is 0 Å². The van der Waals surface area contributed by atoms with Crippen molar-refractivity contribution in [3.8, 4) is 0 Å². The maximum atomic E-state index is 13.4. The zero-order valence-electron chi connectivity index (χ0n) is 23.7. The van der Waals surface area contributed by atoms with Crippen LogP contribution in [0.15, 0.2) is 35.2 Å². The van der Waals surface area contributed by atoms with Crippen molar-refractivity contribution in [3.63, 3.8) is 0 Å². The molecule has 3 aliphatic rings. The number of hydrogen-bond acceptors (Lipinski definition) is 6. The van der Waals surface area contributed by atoms with Crippen molar-refractivity contribution in [2.45, 2.75) is 100 Å². The van der Waals surface area contributed by atoms with E-state index in [0.717, 1.165) is 37.2 Å². The summed E-state index contributed by atoms with van der Waals surface area (Å²) in [5, 5.41) is 18.0. The number of aliphatic hydroxyl groups is 1. The second-order valence-electron chi connectivity index (χ2n) is 12.7. The molecule has 5 unspecified atom stereocenters. The first-order valence-electron chi connectivity index (χ1n) is 14.5. The third kappa shape index (κ3) is 7.96. The van der Waals surface area contributed by atoms with Crippen LogP contribution < -0.4 is 10.6 Å². The van der Waals surface area contributed by atoms with Gasteiger partial charge in [-0.15, -0.1) is 11.8 Å². The van der Waals surface area contributed by atoms with Gasteiger partial charge in [0.1, 0.15) is 0 Å². The van der Waals surface area contributed by atoms with Gasteiger partial charge in [0.2, 0.25) is 11.8 Å². The maximum absolute atomic E-state index is 13.4. The van der Waals surface area contributed by atoms with Crippen LogP contribution in [0, 0.1) is 11.8 Å². The Morgan fingerprint density at radius 3 is 2.39 bits per heavy atom. The second kappa shape index (κ2) is 13.2. The molecule has 1 aliphatic carbocycles. The molecule has 38 heavy (non-hydrogen) atoms. The molecule has 0 radical (unpaired) electrons. The number of aliphatic hydroxyl groups excluding tert-OH is 1. The van der Waals surface area contributed by atoms with E-state index < -0.39 is 12.1 Å². The number of benzene rings is 1. The van der Waals surface area contributed by atoms with Crippen LogP contribution in [-0.4, -0.2) is 88.9 Å². The summed E-state index contributed by atoms with van der Waals surface area (Å²) in [5.41, 5.74) is -0.305. The van der Waals surface area contributed by atoms with E-state index >= 15 is 0 Å². The lowest BCUT2D eigenvalue weighted by Gasteiger charge is -2.47. The average Bonchev–Trinajstić information content (AvgIpc) is 3.31. The van der Waals surface area contributed by atoms with Gasteiger partial charge in [-0.05, 0) is 84.0 Å². The average molecular weight is 545 g/mol. The molecule has 7 nitrogen and oxygen atoms in total. The number of nitrogens with one attached hydrogen (secondary N) is 2. The number of carbonyl (C=O) groups excluding carboxylic acids is 2. The van der Waals surface area contributed by atoms with E-state index in [0.29, 0.717) is 24.1 Å². The summed E-state index contributed by atoms with van der Waals surface area (Å²) in [5.74, 6) is 1.78. The first-order valence-corrected chi connectivity index (χ1v) is 15.5. The first kappa shape index (κ1) is 29.4. The van der Waals surface area contributed by atoms with Crippen molar-refractivity contribution in [1.82, 2.24) is 20.4 Å². The maximum Gasteiger partial charge on any atom is 0.237 e. The summed E-state index contributed by atoms with van der Waals surface area (Å²) >= 11 is 1.65. The molecule has 4 rings (SSSR count). The van der Waals surface area contributed by atoms with Gasteiger partial charge in [-0.2, -0.15) is 0 Å². The highest BCUT2D eigenvalue weighted by molar-refractivity contribution is 7.99. The fourth-order valence-electron chi connectivity index (χ4n) is 6.47. The van der Waals surface area contributed by atoms with Crippen molar-refractivity contribution < 1.29 is 14.7 Å². The van der Waals surface area contributed by atoms with Gasteiger partial charge < -0.3 is 15.7 Å². The minimum absolute atomic E-state index is 0.00396. The molecule has 2 saturated heterocycles. The highest BCUT2D eigenvalue weighted by atomic mass is 32.2. The number of carbonyl (C=O) groups is 2. The van der Waals surface area contributed by atoms with Gasteiger partial charge in [0, 0.05) is 29.3 Å². The Morgan fingerprint density at radius 2 is 1.74 bits per heavy atom. The summed E-state index contributed by atoms with van der Waals surface area (Å²) in [6, 6.07) is 9.32. The Kier molecular flexibility index (Phi) is 10.2. The standard InChI is InChI=1S/C30H48N4O3S/c1-30(2,3)32-29(37)26-17-21-11-8-9-12-22(21)18-34(26)19-27(35)24(20-38-23-13-6-5-7-14-23)31-28(36)25-15-10-16-33(25)4/h5-7,13-14,21-22,24-27,35H,8-12,15-20H2,1-4H3,(H,31,36)(H,32,37)/t21?,22?,24?,25?,26-,27?/m0/s1. The lowest BCUT2D eigenvalue weighted by Crippen LogP contribution is -2.60. The Labute approximate surface area is 233 Å². The minimum Gasteiger partial charge on any atom is -0.390 e. The van der Waals surface area contributed by atoms with E-state index in [1.54, 1.807) is 11.8 Å². The quantitative estimate of drug-likeness (QED) is 0.413. The largest absolute Gasteiger partial charge is 0.390 e. The molecule has 2 aliphatic heterocycles. The molecule has 8 heteroatoms. The number of rotatable bonds is 9. The highest BCUT2D eigenvalue weighted by Crippen LogP contribution is 2.39. The number of fused-ring (bicyclic) bond motifs is 1. The van der Waals surface area contributed by atoms with E-state index in [9.17, 15) is 14.7 Å². The molecule has 2 amide bonds. The minimum atomic E-state index is -0.771. The number of nitrogens with zero attached hydrogens (tertiary/aromatic N) is 2. The summed E-state index contributed by atoms with van der Waals surface area (Å²) < 4.78 is 0. The molecule has 6 atom stereocenters. The lowest BCUT2D eigenvalue weighted by molar-refractivity contribution is -0.133. The SMILES string of the molecule is CN1CCCC1C(=O)NC(CSc1ccccc1)C(O)CN1CC2CCCCC2C[C@H]1C(=O)NC(C)(C)C. The molecular formula is C30H48N4O3S. The third-order valence-electron chi connectivity index (χ3n) is 8.51. The molecule has 3 N–H and O–H groups in total. The Hall–Kier alpha value is -1.61. The number of amides is 2. The zero-order chi connectivity index (χ0) is 27.3. The fraction of sp³-hybridized carbons (Fsp3) is 0.733. The molecule has 212 valence electrons. The number of β-amino-alcohol motifs (C(OH)–C–C–N with tert-alkyl or cyclic N) is 1. The summed E-state index contributed by atoms with van der Waals surface area (Å²) in [4.78, 5) is 32.1. The van der Waals surface area contributed by atoms with Crippen molar-refractivity contribution in [2.75, 3.05) is 32.4 Å². The second-order valence-corrected chi connectivity index (χ2v) is 13.8. The summed E-state index contributed by atoms with van der Waals surface area (Å²) in [6.07, 6.45) is 6.83. The number of thioether (sulfide) groups is 1. The molecule has 1 saturated carbocycles. The monoisotopic (exact) mass is 544 g/mol. The first-order chi connectivity index (χ1) is 18.1. The molecule has 1 aromatic rings. The van der Waals surface area contributed by atoms with Gasteiger partial charge in [-0.1, -0.05) is 37.5 Å². The van der Waals surface area contributed by atoms with Crippen LogP contribution >= 0.6 is 11.8 Å². The van der Waals surface area contributed by atoms with Crippen LogP contribution in [0.3, 0.4) is 0 Å². The fourth-order valence-corrected chi connectivity index (χ4v) is 7.49. The molecule has 3 fully saturated rings. The van der Waals surface area contributed by atoms with Crippen molar-refractivity contribution in [2.24, 2.45) is 11.8 Å².